The van der Waals surface area contributed by atoms with Crippen molar-refractivity contribution in [1.82, 2.24) is 15.0 Å². The lowest BCUT2D eigenvalue weighted by atomic mass is 10.2. The Morgan fingerprint density at radius 1 is 1.05 bits per heavy atom. The first kappa shape index (κ1) is 14.8. The molecular formula is C14H9Cl2N3S2. The maximum atomic E-state index is 6.17. The standard InChI is InChI=1S/C14H9Cl2N3S2/c15-10-2-1-3-11(16)9(10)8-20-13-7-19-14(21-13)12-6-17-4-5-18-12/h1-7H,8H2. The normalized spacial score (nSPS) is 10.8. The summed E-state index contributed by atoms with van der Waals surface area (Å²) >= 11 is 15.6. The molecule has 0 aliphatic rings. The average Bonchev–Trinajstić information content (AvgIpc) is 2.97. The van der Waals surface area contributed by atoms with E-state index in [-0.39, 0.29) is 0 Å². The third kappa shape index (κ3) is 3.55. The zero-order valence-corrected chi connectivity index (χ0v) is 13.8. The number of hydrogen-bond acceptors (Lipinski definition) is 5. The molecule has 0 N–H and O–H groups in total. The molecule has 0 fully saturated rings. The fourth-order valence-corrected chi connectivity index (χ4v) is 4.34. The highest BCUT2D eigenvalue weighted by Gasteiger charge is 2.09. The summed E-state index contributed by atoms with van der Waals surface area (Å²) in [5, 5.41) is 2.23. The van der Waals surface area contributed by atoms with Crippen LogP contribution < -0.4 is 0 Å². The molecule has 0 spiro atoms. The molecule has 0 saturated carbocycles. The highest BCUT2D eigenvalue weighted by Crippen LogP contribution is 2.35. The van der Waals surface area contributed by atoms with Crippen molar-refractivity contribution in [2.24, 2.45) is 0 Å². The molecule has 7 heteroatoms. The van der Waals surface area contributed by atoms with Crippen LogP contribution >= 0.6 is 46.3 Å². The summed E-state index contributed by atoms with van der Waals surface area (Å²) in [6.45, 7) is 0. The van der Waals surface area contributed by atoms with E-state index in [2.05, 4.69) is 15.0 Å². The van der Waals surface area contributed by atoms with Crippen molar-refractivity contribution in [3.63, 3.8) is 0 Å². The van der Waals surface area contributed by atoms with Crippen LogP contribution in [-0.2, 0) is 5.75 Å². The molecule has 1 aromatic carbocycles. The van der Waals surface area contributed by atoms with Gasteiger partial charge in [0.2, 0.25) is 0 Å². The van der Waals surface area contributed by atoms with Crippen molar-refractivity contribution in [3.8, 4) is 10.7 Å². The molecule has 0 atom stereocenters. The summed E-state index contributed by atoms with van der Waals surface area (Å²) in [5.74, 6) is 0.709. The van der Waals surface area contributed by atoms with E-state index in [9.17, 15) is 0 Å². The van der Waals surface area contributed by atoms with Crippen molar-refractivity contribution >= 4 is 46.3 Å². The van der Waals surface area contributed by atoms with Gasteiger partial charge in [0.15, 0.2) is 0 Å². The minimum Gasteiger partial charge on any atom is -0.261 e. The van der Waals surface area contributed by atoms with Crippen molar-refractivity contribution in [3.05, 3.63) is 58.6 Å². The van der Waals surface area contributed by atoms with E-state index in [1.807, 2.05) is 24.4 Å². The number of rotatable bonds is 4. The second-order valence-corrected chi connectivity index (χ2v) is 7.18. The molecule has 106 valence electrons. The fourth-order valence-electron chi connectivity index (χ4n) is 1.67. The third-order valence-corrected chi connectivity index (χ3v) is 5.64. The lowest BCUT2D eigenvalue weighted by molar-refractivity contribution is 1.19. The van der Waals surface area contributed by atoms with Crippen molar-refractivity contribution < 1.29 is 0 Å². The molecule has 21 heavy (non-hydrogen) atoms. The maximum Gasteiger partial charge on any atom is 0.144 e. The van der Waals surface area contributed by atoms with Gasteiger partial charge in [0, 0.05) is 28.2 Å². The van der Waals surface area contributed by atoms with Crippen molar-refractivity contribution in [2.45, 2.75) is 9.96 Å². The summed E-state index contributed by atoms with van der Waals surface area (Å²) < 4.78 is 1.09. The van der Waals surface area contributed by atoms with E-state index < -0.39 is 0 Å². The van der Waals surface area contributed by atoms with Crippen LogP contribution in [0, 0.1) is 0 Å². The van der Waals surface area contributed by atoms with Gasteiger partial charge in [0.25, 0.3) is 0 Å². The predicted molar refractivity (Wildman–Crippen MR) is 89.2 cm³/mol. The van der Waals surface area contributed by atoms with Crippen LogP contribution in [0.15, 0.2) is 47.2 Å². The van der Waals surface area contributed by atoms with Crippen molar-refractivity contribution in [1.29, 1.82) is 0 Å². The number of thiazole rings is 1. The van der Waals surface area contributed by atoms with E-state index >= 15 is 0 Å². The van der Waals surface area contributed by atoms with E-state index in [1.54, 1.807) is 41.7 Å². The molecule has 0 radical (unpaired) electrons. The van der Waals surface area contributed by atoms with Gasteiger partial charge in [0.1, 0.15) is 10.7 Å². The van der Waals surface area contributed by atoms with Gasteiger partial charge in [-0.2, -0.15) is 0 Å². The van der Waals surface area contributed by atoms with Crippen LogP contribution in [0.4, 0.5) is 0 Å². The van der Waals surface area contributed by atoms with Gasteiger partial charge in [-0.1, -0.05) is 29.3 Å². The second-order valence-electron chi connectivity index (χ2n) is 4.06. The Bertz CT molecular complexity index is 727. The van der Waals surface area contributed by atoms with E-state index in [1.165, 1.54) is 0 Å². The SMILES string of the molecule is Clc1cccc(Cl)c1CSc1cnc(-c2cnccn2)s1. The molecule has 0 saturated heterocycles. The van der Waals surface area contributed by atoms with Gasteiger partial charge >= 0.3 is 0 Å². The number of aromatic nitrogens is 3. The highest BCUT2D eigenvalue weighted by molar-refractivity contribution is 8.00. The zero-order chi connectivity index (χ0) is 14.7. The Morgan fingerprint density at radius 3 is 2.57 bits per heavy atom. The van der Waals surface area contributed by atoms with Gasteiger partial charge in [0.05, 0.1) is 16.6 Å². The van der Waals surface area contributed by atoms with E-state index in [4.69, 9.17) is 23.2 Å². The molecule has 2 heterocycles. The topological polar surface area (TPSA) is 38.7 Å². The first-order valence-corrected chi connectivity index (χ1v) is 8.58. The maximum absolute atomic E-state index is 6.17. The smallest absolute Gasteiger partial charge is 0.144 e. The highest BCUT2D eigenvalue weighted by atomic mass is 35.5. The van der Waals surface area contributed by atoms with E-state index in [0.29, 0.717) is 15.8 Å². The first-order chi connectivity index (χ1) is 10.2. The Kier molecular flexibility index (Phi) is 4.75. The Morgan fingerprint density at radius 2 is 1.86 bits per heavy atom. The molecule has 0 amide bonds. The molecule has 0 aliphatic carbocycles. The monoisotopic (exact) mass is 353 g/mol. The number of hydrogen-bond donors (Lipinski definition) is 0. The predicted octanol–water partition coefficient (Wildman–Crippen LogP) is 5.20. The molecule has 0 unspecified atom stereocenters. The molecule has 3 rings (SSSR count). The lowest BCUT2D eigenvalue weighted by Gasteiger charge is -2.04. The van der Waals surface area contributed by atoms with Crippen LogP contribution in [0.2, 0.25) is 10.0 Å². The summed E-state index contributed by atoms with van der Waals surface area (Å²) in [7, 11) is 0. The molecule has 3 nitrogen and oxygen atoms in total. The van der Waals surface area contributed by atoms with Gasteiger partial charge in [-0.15, -0.1) is 23.1 Å². The fraction of sp³-hybridized carbons (Fsp3) is 0.0714. The van der Waals surface area contributed by atoms with Crippen LogP contribution in [0.5, 0.6) is 0 Å². The summed E-state index contributed by atoms with van der Waals surface area (Å²) in [6, 6.07) is 5.54. The van der Waals surface area contributed by atoms with Crippen LogP contribution in [-0.4, -0.2) is 15.0 Å². The first-order valence-electron chi connectivity index (χ1n) is 6.02. The Labute approximate surface area is 140 Å². The average molecular weight is 354 g/mol. The Hall–Kier alpha value is -1.14. The number of thioether (sulfide) groups is 1. The van der Waals surface area contributed by atoms with Gasteiger partial charge in [-0.05, 0) is 17.7 Å². The summed E-state index contributed by atoms with van der Waals surface area (Å²) in [5.41, 5.74) is 1.73. The van der Waals surface area contributed by atoms with E-state index in [0.717, 1.165) is 20.5 Å². The number of benzene rings is 1. The van der Waals surface area contributed by atoms with Gasteiger partial charge in [-0.25, -0.2) is 4.98 Å². The van der Waals surface area contributed by atoms with Crippen molar-refractivity contribution in [2.75, 3.05) is 0 Å². The quantitative estimate of drug-likeness (QED) is 0.604. The van der Waals surface area contributed by atoms with Crippen LogP contribution in [0.1, 0.15) is 5.56 Å². The molecule has 3 aromatic rings. The van der Waals surface area contributed by atoms with Gasteiger partial charge < -0.3 is 0 Å². The van der Waals surface area contributed by atoms with Crippen LogP contribution in [0.25, 0.3) is 10.7 Å². The largest absolute Gasteiger partial charge is 0.261 e. The minimum absolute atomic E-state index is 0.689. The molecule has 0 bridgehead atoms. The Balaban J connectivity index is 1.74. The molecule has 2 aromatic heterocycles. The third-order valence-electron chi connectivity index (χ3n) is 2.69. The number of nitrogens with zero attached hydrogens (tertiary/aromatic N) is 3. The lowest BCUT2D eigenvalue weighted by Crippen LogP contribution is -1.83. The minimum atomic E-state index is 0.689. The zero-order valence-electron chi connectivity index (χ0n) is 10.7. The summed E-state index contributed by atoms with van der Waals surface area (Å²) in [6.07, 6.45) is 6.85. The van der Waals surface area contributed by atoms with Gasteiger partial charge in [-0.3, -0.25) is 9.97 Å². The second kappa shape index (κ2) is 6.75. The molecular weight excluding hydrogens is 345 g/mol. The number of halogens is 2. The summed E-state index contributed by atoms with van der Waals surface area (Å²) in [4.78, 5) is 12.7. The van der Waals surface area contributed by atoms with Crippen LogP contribution in [0.3, 0.4) is 0 Å². The molecule has 0 aliphatic heterocycles.